The molecule has 0 atom stereocenters. The van der Waals surface area contributed by atoms with Crippen LogP contribution in [0.2, 0.25) is 0 Å². The summed E-state index contributed by atoms with van der Waals surface area (Å²) in [6, 6.07) is 5.08. The minimum Gasteiger partial charge on any atom is -0.343 e. The average Bonchev–Trinajstić information content (AvgIpc) is 2.33. The van der Waals surface area contributed by atoms with Gasteiger partial charge in [0.05, 0.1) is 6.54 Å². The second-order valence-electron chi connectivity index (χ2n) is 3.42. The number of halogens is 1. The van der Waals surface area contributed by atoms with E-state index in [2.05, 4.69) is 16.2 Å². The van der Waals surface area contributed by atoms with Gasteiger partial charge in [-0.1, -0.05) is 6.07 Å². The molecule has 0 aliphatic heterocycles. The van der Waals surface area contributed by atoms with Crippen molar-refractivity contribution in [3.63, 3.8) is 0 Å². The Morgan fingerprint density at radius 2 is 1.94 bits per heavy atom. The Labute approximate surface area is 103 Å². The normalized spacial score (nSPS) is 9.44. The SMILES string of the molecule is CC(=O)NNC(=O)CNC(=O)c1cccc(F)c1. The molecule has 0 bridgehead atoms. The quantitative estimate of drug-likeness (QED) is 0.648. The maximum atomic E-state index is 12.8. The third kappa shape index (κ3) is 4.60. The van der Waals surface area contributed by atoms with Crippen LogP contribution in [0.25, 0.3) is 0 Å². The van der Waals surface area contributed by atoms with E-state index in [0.29, 0.717) is 0 Å². The predicted molar refractivity (Wildman–Crippen MR) is 60.7 cm³/mol. The van der Waals surface area contributed by atoms with E-state index in [9.17, 15) is 18.8 Å². The summed E-state index contributed by atoms with van der Waals surface area (Å²) in [6.07, 6.45) is 0. The van der Waals surface area contributed by atoms with Crippen molar-refractivity contribution in [2.24, 2.45) is 0 Å². The van der Waals surface area contributed by atoms with Gasteiger partial charge in [-0.15, -0.1) is 0 Å². The zero-order valence-corrected chi connectivity index (χ0v) is 9.62. The fraction of sp³-hybridized carbons (Fsp3) is 0.182. The van der Waals surface area contributed by atoms with Crippen molar-refractivity contribution in [3.05, 3.63) is 35.6 Å². The lowest BCUT2D eigenvalue weighted by Crippen LogP contribution is -2.45. The van der Waals surface area contributed by atoms with Crippen LogP contribution in [-0.4, -0.2) is 24.3 Å². The highest BCUT2D eigenvalue weighted by molar-refractivity contribution is 5.96. The minimum absolute atomic E-state index is 0.113. The van der Waals surface area contributed by atoms with E-state index >= 15 is 0 Å². The number of hydrogen-bond acceptors (Lipinski definition) is 3. The number of hydrogen-bond donors (Lipinski definition) is 3. The second kappa shape index (κ2) is 6.33. The summed E-state index contributed by atoms with van der Waals surface area (Å²) < 4.78 is 12.8. The van der Waals surface area contributed by atoms with Crippen molar-refractivity contribution in [1.29, 1.82) is 0 Å². The Balaban J connectivity index is 2.42. The summed E-state index contributed by atoms with van der Waals surface area (Å²) in [5.74, 6) is -2.13. The van der Waals surface area contributed by atoms with Crippen LogP contribution >= 0.6 is 0 Å². The van der Waals surface area contributed by atoms with Gasteiger partial charge in [0.25, 0.3) is 11.8 Å². The van der Waals surface area contributed by atoms with Crippen LogP contribution in [0, 0.1) is 5.82 Å². The zero-order chi connectivity index (χ0) is 13.5. The molecule has 3 amide bonds. The summed E-state index contributed by atoms with van der Waals surface area (Å²) in [4.78, 5) is 33.1. The van der Waals surface area contributed by atoms with Crippen LogP contribution in [0.3, 0.4) is 0 Å². The molecule has 1 aromatic rings. The molecule has 6 nitrogen and oxygen atoms in total. The van der Waals surface area contributed by atoms with Crippen LogP contribution in [0.4, 0.5) is 4.39 Å². The van der Waals surface area contributed by atoms with Crippen molar-refractivity contribution < 1.29 is 18.8 Å². The van der Waals surface area contributed by atoms with Crippen LogP contribution in [0.1, 0.15) is 17.3 Å². The Bertz CT molecular complexity index is 476. The van der Waals surface area contributed by atoms with Gasteiger partial charge >= 0.3 is 0 Å². The van der Waals surface area contributed by atoms with Crippen LogP contribution in [0.5, 0.6) is 0 Å². The van der Waals surface area contributed by atoms with Crippen molar-refractivity contribution in [3.8, 4) is 0 Å². The number of amides is 3. The molecular weight excluding hydrogens is 241 g/mol. The molecule has 0 fully saturated rings. The first-order valence-corrected chi connectivity index (χ1v) is 5.08. The highest BCUT2D eigenvalue weighted by Crippen LogP contribution is 2.02. The molecule has 0 unspecified atom stereocenters. The molecule has 0 aliphatic carbocycles. The molecule has 0 radical (unpaired) electrons. The van der Waals surface area contributed by atoms with Gasteiger partial charge in [0, 0.05) is 12.5 Å². The van der Waals surface area contributed by atoms with E-state index in [1.807, 2.05) is 0 Å². The molecule has 0 aromatic heterocycles. The Morgan fingerprint density at radius 1 is 1.22 bits per heavy atom. The summed E-state index contributed by atoms with van der Waals surface area (Å²) in [5, 5.41) is 2.28. The number of benzene rings is 1. The van der Waals surface area contributed by atoms with Crippen molar-refractivity contribution in [2.45, 2.75) is 6.92 Å². The third-order valence-electron chi connectivity index (χ3n) is 1.87. The van der Waals surface area contributed by atoms with E-state index < -0.39 is 23.5 Å². The Kier molecular flexibility index (Phi) is 4.79. The monoisotopic (exact) mass is 253 g/mol. The first-order chi connectivity index (χ1) is 8.49. The average molecular weight is 253 g/mol. The van der Waals surface area contributed by atoms with E-state index in [1.165, 1.54) is 25.1 Å². The molecule has 1 rings (SSSR count). The van der Waals surface area contributed by atoms with Gasteiger partial charge in [0.2, 0.25) is 5.91 Å². The molecule has 0 heterocycles. The van der Waals surface area contributed by atoms with E-state index in [-0.39, 0.29) is 12.1 Å². The fourth-order valence-electron chi connectivity index (χ4n) is 1.09. The van der Waals surface area contributed by atoms with E-state index in [4.69, 9.17) is 0 Å². The zero-order valence-electron chi connectivity index (χ0n) is 9.62. The largest absolute Gasteiger partial charge is 0.343 e. The molecular formula is C11H12FN3O3. The van der Waals surface area contributed by atoms with Crippen LogP contribution in [-0.2, 0) is 9.59 Å². The van der Waals surface area contributed by atoms with Gasteiger partial charge in [-0.05, 0) is 18.2 Å². The van der Waals surface area contributed by atoms with Gasteiger partial charge in [0.15, 0.2) is 0 Å². The highest BCUT2D eigenvalue weighted by Gasteiger charge is 2.08. The molecule has 7 heteroatoms. The third-order valence-corrected chi connectivity index (χ3v) is 1.87. The molecule has 18 heavy (non-hydrogen) atoms. The molecule has 0 aliphatic rings. The summed E-state index contributed by atoms with van der Waals surface area (Å²) in [7, 11) is 0. The maximum absolute atomic E-state index is 12.8. The minimum atomic E-state index is -0.588. The van der Waals surface area contributed by atoms with Gasteiger partial charge in [0.1, 0.15) is 5.82 Å². The van der Waals surface area contributed by atoms with Crippen LogP contribution in [0.15, 0.2) is 24.3 Å². The summed E-state index contributed by atoms with van der Waals surface area (Å²) >= 11 is 0. The standard InChI is InChI=1S/C11H12FN3O3/c1-7(16)14-15-10(17)6-13-11(18)8-3-2-4-9(12)5-8/h2-5H,6H2,1H3,(H,13,18)(H,14,16)(H,15,17). The van der Waals surface area contributed by atoms with Gasteiger partial charge in [-0.3, -0.25) is 25.2 Å². The smallest absolute Gasteiger partial charge is 0.257 e. The Hall–Kier alpha value is -2.44. The highest BCUT2D eigenvalue weighted by atomic mass is 19.1. The first kappa shape index (κ1) is 13.6. The lowest BCUT2D eigenvalue weighted by atomic mass is 10.2. The van der Waals surface area contributed by atoms with Gasteiger partial charge < -0.3 is 5.32 Å². The van der Waals surface area contributed by atoms with E-state index in [0.717, 1.165) is 6.07 Å². The fourth-order valence-corrected chi connectivity index (χ4v) is 1.09. The van der Waals surface area contributed by atoms with Crippen LogP contribution < -0.4 is 16.2 Å². The van der Waals surface area contributed by atoms with E-state index in [1.54, 1.807) is 0 Å². The van der Waals surface area contributed by atoms with Crippen molar-refractivity contribution >= 4 is 17.7 Å². The molecule has 0 saturated carbocycles. The van der Waals surface area contributed by atoms with Gasteiger partial charge in [-0.2, -0.15) is 0 Å². The molecule has 3 N–H and O–H groups in total. The lowest BCUT2D eigenvalue weighted by molar-refractivity contribution is -0.127. The number of hydrazine groups is 1. The maximum Gasteiger partial charge on any atom is 0.257 e. The first-order valence-electron chi connectivity index (χ1n) is 5.08. The Morgan fingerprint density at radius 3 is 2.56 bits per heavy atom. The number of carbonyl (C=O) groups is 3. The molecule has 0 saturated heterocycles. The number of nitrogens with one attached hydrogen (secondary N) is 3. The van der Waals surface area contributed by atoms with Crippen molar-refractivity contribution in [2.75, 3.05) is 6.54 Å². The molecule has 96 valence electrons. The molecule has 0 spiro atoms. The predicted octanol–water partition coefficient (Wildman–Crippen LogP) is -0.277. The number of rotatable bonds is 3. The lowest BCUT2D eigenvalue weighted by Gasteiger charge is -2.06. The van der Waals surface area contributed by atoms with Crippen molar-refractivity contribution in [1.82, 2.24) is 16.2 Å². The van der Waals surface area contributed by atoms with Gasteiger partial charge in [-0.25, -0.2) is 4.39 Å². The summed E-state index contributed by atoms with van der Waals surface area (Å²) in [5.41, 5.74) is 4.25. The summed E-state index contributed by atoms with van der Waals surface area (Å²) in [6.45, 7) is 0.904. The topological polar surface area (TPSA) is 87.3 Å². The second-order valence-corrected chi connectivity index (χ2v) is 3.42. The molecule has 1 aromatic carbocycles. The number of carbonyl (C=O) groups excluding carboxylic acids is 3.